The second-order valence-corrected chi connectivity index (χ2v) is 7.82. The highest BCUT2D eigenvalue weighted by Crippen LogP contribution is 2.41. The molecule has 2 heteroatoms. The zero-order valence-electron chi connectivity index (χ0n) is 11.8. The van der Waals surface area contributed by atoms with E-state index in [1.165, 1.54) is 46.9 Å². The Morgan fingerprint density at radius 1 is 0.952 bits per heavy atom. The van der Waals surface area contributed by atoms with Crippen LogP contribution in [0.2, 0.25) is 0 Å². The summed E-state index contributed by atoms with van der Waals surface area (Å²) >= 11 is 5.95. The predicted molar refractivity (Wildman–Crippen MR) is 95.7 cm³/mol. The summed E-state index contributed by atoms with van der Waals surface area (Å²) in [4.78, 5) is 3.37. The van der Waals surface area contributed by atoms with E-state index in [2.05, 4.69) is 64.5 Å². The second-order valence-electron chi connectivity index (χ2n) is 5.74. The number of aryl methyl sites for hydroxylation is 2. The number of halogens is 1. The first-order chi connectivity index (χ1) is 10.3. The van der Waals surface area contributed by atoms with E-state index in [-0.39, 0.29) is 0 Å². The minimum absolute atomic E-state index is 0.305. The molecule has 0 N–H and O–H groups in total. The van der Waals surface area contributed by atoms with Crippen LogP contribution >= 0.6 is 27.3 Å². The Bertz CT molecular complexity index is 758. The highest BCUT2D eigenvalue weighted by atomic mass is 79.9. The third-order valence-corrected chi connectivity index (χ3v) is 6.95. The van der Waals surface area contributed by atoms with Gasteiger partial charge in [0, 0.05) is 9.75 Å². The van der Waals surface area contributed by atoms with Gasteiger partial charge in [0.1, 0.15) is 0 Å². The normalized spacial score (nSPS) is 15.9. The summed E-state index contributed by atoms with van der Waals surface area (Å²) in [6.45, 7) is 0. The smallest absolute Gasteiger partial charge is 0.0744 e. The van der Waals surface area contributed by atoms with Crippen LogP contribution in [-0.4, -0.2) is 0 Å². The van der Waals surface area contributed by atoms with Gasteiger partial charge in [0.2, 0.25) is 0 Å². The van der Waals surface area contributed by atoms with Gasteiger partial charge in [-0.1, -0.05) is 58.4 Å². The number of rotatable bonds is 2. The van der Waals surface area contributed by atoms with Crippen LogP contribution in [0.15, 0.2) is 48.5 Å². The lowest BCUT2D eigenvalue weighted by Crippen LogP contribution is -1.96. The summed E-state index contributed by atoms with van der Waals surface area (Å²) in [5.74, 6) is 0. The summed E-state index contributed by atoms with van der Waals surface area (Å²) in [7, 11) is 0. The van der Waals surface area contributed by atoms with Gasteiger partial charge in [0.25, 0.3) is 0 Å². The molecule has 3 aromatic rings. The molecule has 0 saturated carbocycles. The van der Waals surface area contributed by atoms with E-state index in [9.17, 15) is 0 Å². The molecule has 4 rings (SSSR count). The maximum Gasteiger partial charge on any atom is 0.0744 e. The summed E-state index contributed by atoms with van der Waals surface area (Å²) in [6.07, 6.45) is 5.24. The van der Waals surface area contributed by atoms with Gasteiger partial charge >= 0.3 is 0 Å². The molecule has 21 heavy (non-hydrogen) atoms. The van der Waals surface area contributed by atoms with Crippen molar-refractivity contribution in [3.05, 3.63) is 69.4 Å². The van der Waals surface area contributed by atoms with Gasteiger partial charge in [-0.15, -0.1) is 11.3 Å². The molecule has 0 bridgehead atoms. The van der Waals surface area contributed by atoms with Crippen molar-refractivity contribution in [2.24, 2.45) is 0 Å². The standard InChI is InChI=1S/C19H17BrS/c20-19(18-12-14-7-2-4-11-17(14)21-18)16-10-5-8-13-6-1-3-9-15(13)16/h1,3,5-6,8-10,12,19H,2,4,7,11H2. The molecule has 1 atom stereocenters. The summed E-state index contributed by atoms with van der Waals surface area (Å²) < 4.78 is 0. The van der Waals surface area contributed by atoms with E-state index in [1.54, 1.807) is 10.4 Å². The first-order valence-corrected chi connectivity index (χ1v) is 9.29. The molecule has 0 nitrogen and oxygen atoms in total. The Morgan fingerprint density at radius 3 is 2.67 bits per heavy atom. The summed E-state index contributed by atoms with van der Waals surface area (Å²) in [6, 6.07) is 17.7. The minimum atomic E-state index is 0.305. The Labute approximate surface area is 137 Å². The largest absolute Gasteiger partial charge is 0.144 e. The van der Waals surface area contributed by atoms with Crippen LogP contribution in [0.25, 0.3) is 10.8 Å². The van der Waals surface area contributed by atoms with Crippen molar-refractivity contribution >= 4 is 38.0 Å². The van der Waals surface area contributed by atoms with Gasteiger partial charge in [0.05, 0.1) is 4.83 Å². The summed E-state index contributed by atoms with van der Waals surface area (Å²) in [5, 5.41) is 2.68. The van der Waals surface area contributed by atoms with Crippen LogP contribution in [0.5, 0.6) is 0 Å². The molecular formula is C19H17BrS. The average Bonchev–Trinajstić information content (AvgIpc) is 2.97. The van der Waals surface area contributed by atoms with Crippen molar-refractivity contribution < 1.29 is 0 Å². The van der Waals surface area contributed by atoms with Crippen LogP contribution in [0.4, 0.5) is 0 Å². The fourth-order valence-electron chi connectivity index (χ4n) is 3.26. The van der Waals surface area contributed by atoms with Gasteiger partial charge in [-0.3, -0.25) is 0 Å². The maximum atomic E-state index is 3.95. The molecule has 1 aliphatic rings. The highest BCUT2D eigenvalue weighted by molar-refractivity contribution is 9.09. The molecule has 1 unspecified atom stereocenters. The first-order valence-electron chi connectivity index (χ1n) is 7.56. The third-order valence-electron chi connectivity index (χ3n) is 4.36. The topological polar surface area (TPSA) is 0 Å². The maximum absolute atomic E-state index is 3.95. The zero-order chi connectivity index (χ0) is 14.2. The molecule has 0 radical (unpaired) electrons. The number of thiophene rings is 1. The van der Waals surface area contributed by atoms with Crippen molar-refractivity contribution in [3.63, 3.8) is 0 Å². The lowest BCUT2D eigenvalue weighted by molar-refractivity contribution is 0.697. The average molecular weight is 357 g/mol. The fourth-order valence-corrected chi connectivity index (χ4v) is 5.33. The van der Waals surface area contributed by atoms with E-state index in [1.807, 2.05) is 11.3 Å². The molecular weight excluding hydrogens is 340 g/mol. The molecule has 1 aliphatic carbocycles. The van der Waals surface area contributed by atoms with E-state index < -0.39 is 0 Å². The molecule has 1 aromatic heterocycles. The van der Waals surface area contributed by atoms with Crippen molar-refractivity contribution in [2.75, 3.05) is 0 Å². The van der Waals surface area contributed by atoms with Crippen LogP contribution in [0.3, 0.4) is 0 Å². The SMILES string of the molecule is BrC(c1cc2c(s1)CCCC2)c1cccc2ccccc12. The zero-order valence-corrected chi connectivity index (χ0v) is 14.2. The van der Waals surface area contributed by atoms with E-state index in [0.717, 1.165) is 0 Å². The Kier molecular flexibility index (Phi) is 3.60. The van der Waals surface area contributed by atoms with Crippen molar-refractivity contribution in [1.29, 1.82) is 0 Å². The predicted octanol–water partition coefficient (Wildman–Crippen LogP) is 6.26. The van der Waals surface area contributed by atoms with E-state index >= 15 is 0 Å². The number of hydrogen-bond donors (Lipinski definition) is 0. The molecule has 0 spiro atoms. The Morgan fingerprint density at radius 2 is 1.76 bits per heavy atom. The van der Waals surface area contributed by atoms with E-state index in [4.69, 9.17) is 0 Å². The number of alkyl halides is 1. The van der Waals surface area contributed by atoms with Gasteiger partial charge in [-0.25, -0.2) is 0 Å². The number of benzene rings is 2. The van der Waals surface area contributed by atoms with Crippen molar-refractivity contribution in [1.82, 2.24) is 0 Å². The Balaban J connectivity index is 1.79. The third kappa shape index (κ3) is 2.45. The quantitative estimate of drug-likeness (QED) is 0.475. The lowest BCUT2D eigenvalue weighted by Gasteiger charge is -2.11. The van der Waals surface area contributed by atoms with Crippen LogP contribution in [0, 0.1) is 0 Å². The van der Waals surface area contributed by atoms with Gasteiger partial charge in [-0.2, -0.15) is 0 Å². The van der Waals surface area contributed by atoms with Gasteiger partial charge in [0.15, 0.2) is 0 Å². The Hall–Kier alpha value is -1.12. The van der Waals surface area contributed by atoms with Crippen LogP contribution in [-0.2, 0) is 12.8 Å². The van der Waals surface area contributed by atoms with Gasteiger partial charge < -0.3 is 0 Å². The fraction of sp³-hybridized carbons (Fsp3) is 0.263. The first kappa shape index (κ1) is 13.5. The van der Waals surface area contributed by atoms with E-state index in [0.29, 0.717) is 4.83 Å². The molecule has 2 aromatic carbocycles. The lowest BCUT2D eigenvalue weighted by atomic mass is 9.98. The molecule has 0 saturated heterocycles. The van der Waals surface area contributed by atoms with Crippen LogP contribution < -0.4 is 0 Å². The molecule has 0 amide bonds. The monoisotopic (exact) mass is 356 g/mol. The summed E-state index contributed by atoms with van der Waals surface area (Å²) in [5.41, 5.74) is 2.97. The molecule has 0 fully saturated rings. The molecule has 1 heterocycles. The van der Waals surface area contributed by atoms with Crippen LogP contribution in [0.1, 0.15) is 38.6 Å². The number of fused-ring (bicyclic) bond motifs is 2. The molecule has 106 valence electrons. The minimum Gasteiger partial charge on any atom is -0.144 e. The highest BCUT2D eigenvalue weighted by Gasteiger charge is 2.19. The molecule has 0 aliphatic heterocycles. The second kappa shape index (κ2) is 5.58. The van der Waals surface area contributed by atoms with Crippen molar-refractivity contribution in [3.8, 4) is 0 Å². The van der Waals surface area contributed by atoms with Crippen molar-refractivity contribution in [2.45, 2.75) is 30.5 Å². The number of hydrogen-bond acceptors (Lipinski definition) is 1. The van der Waals surface area contributed by atoms with Gasteiger partial charge in [-0.05, 0) is 53.6 Å².